The average molecular weight is 294 g/mol. The van der Waals surface area contributed by atoms with Gasteiger partial charge in [-0.15, -0.1) is 0 Å². The van der Waals surface area contributed by atoms with E-state index in [1.807, 2.05) is 6.92 Å². The van der Waals surface area contributed by atoms with Gasteiger partial charge >= 0.3 is 5.69 Å². The Labute approximate surface area is 121 Å². The molecule has 2 rings (SSSR count). The van der Waals surface area contributed by atoms with Crippen LogP contribution >= 0.6 is 0 Å². The summed E-state index contributed by atoms with van der Waals surface area (Å²) in [7, 11) is 3.15. The molecule has 0 spiro atoms. The lowest BCUT2D eigenvalue weighted by molar-refractivity contribution is -0.383. The zero-order valence-corrected chi connectivity index (χ0v) is 12.2. The molecule has 0 aliphatic carbocycles. The largest absolute Gasteiger partial charge is 0.367 e. The van der Waals surface area contributed by atoms with Gasteiger partial charge in [-0.25, -0.2) is 9.97 Å². The molecule has 9 heteroatoms. The molecule has 0 saturated carbocycles. The molecule has 0 radical (unpaired) electrons. The molecule has 1 saturated heterocycles. The molecule has 1 aliphatic heterocycles. The van der Waals surface area contributed by atoms with Crippen LogP contribution in [0.15, 0.2) is 6.33 Å². The summed E-state index contributed by atoms with van der Waals surface area (Å²) >= 11 is 0. The van der Waals surface area contributed by atoms with E-state index < -0.39 is 10.3 Å². The zero-order valence-electron chi connectivity index (χ0n) is 12.2. The van der Waals surface area contributed by atoms with Crippen LogP contribution in [-0.4, -0.2) is 48.0 Å². The van der Waals surface area contributed by atoms with Gasteiger partial charge < -0.3 is 15.5 Å². The van der Waals surface area contributed by atoms with E-state index in [0.29, 0.717) is 19.5 Å². The number of nitrogens with one attached hydrogen (secondary N) is 2. The lowest BCUT2D eigenvalue weighted by Crippen LogP contribution is -2.39. The third-order valence-corrected chi connectivity index (χ3v) is 3.77. The Morgan fingerprint density at radius 3 is 2.76 bits per heavy atom. The summed E-state index contributed by atoms with van der Waals surface area (Å²) in [6.07, 6.45) is 1.90. The van der Waals surface area contributed by atoms with Crippen LogP contribution in [0, 0.1) is 15.5 Å². The minimum atomic E-state index is -0.576. The second kappa shape index (κ2) is 5.51. The first-order valence-corrected chi connectivity index (χ1v) is 6.57. The number of nitro groups is 1. The van der Waals surface area contributed by atoms with E-state index >= 15 is 0 Å². The number of aromatic nitrogens is 2. The highest BCUT2D eigenvalue weighted by atomic mass is 16.6. The highest BCUT2D eigenvalue weighted by Crippen LogP contribution is 2.38. The van der Waals surface area contributed by atoms with Crippen molar-refractivity contribution < 1.29 is 9.72 Å². The van der Waals surface area contributed by atoms with E-state index in [2.05, 4.69) is 20.6 Å². The van der Waals surface area contributed by atoms with E-state index in [1.165, 1.54) is 6.33 Å². The topological polar surface area (TPSA) is 113 Å². The summed E-state index contributed by atoms with van der Waals surface area (Å²) in [5.41, 5.74) is -0.742. The minimum absolute atomic E-state index is 0.0736. The summed E-state index contributed by atoms with van der Waals surface area (Å²) in [5.74, 6) is 0.334. The number of anilines is 2. The zero-order chi connectivity index (χ0) is 15.6. The molecule has 2 N–H and O–H groups in total. The number of carbonyl (C=O) groups is 1. The maximum Gasteiger partial charge on any atom is 0.353 e. The minimum Gasteiger partial charge on any atom is -0.367 e. The fourth-order valence-electron chi connectivity index (χ4n) is 2.58. The first-order chi connectivity index (χ1) is 9.92. The second-order valence-corrected chi connectivity index (χ2v) is 5.21. The van der Waals surface area contributed by atoms with Crippen molar-refractivity contribution in [2.24, 2.45) is 5.41 Å². The fourth-order valence-corrected chi connectivity index (χ4v) is 2.58. The van der Waals surface area contributed by atoms with Gasteiger partial charge in [-0.05, 0) is 13.3 Å². The highest BCUT2D eigenvalue weighted by molar-refractivity contribution is 5.84. The van der Waals surface area contributed by atoms with Crippen molar-refractivity contribution in [3.05, 3.63) is 16.4 Å². The molecule has 114 valence electrons. The SMILES string of the molecule is CNC(=O)C1(C)CCN(c2ncnc(NC)c2[N+](=O)[O-])C1. The third kappa shape index (κ3) is 2.58. The molecular weight excluding hydrogens is 276 g/mol. The number of rotatable bonds is 4. The van der Waals surface area contributed by atoms with Gasteiger partial charge in [0, 0.05) is 27.2 Å². The van der Waals surface area contributed by atoms with Crippen molar-refractivity contribution >= 4 is 23.2 Å². The summed E-state index contributed by atoms with van der Waals surface area (Å²) in [6, 6.07) is 0. The highest BCUT2D eigenvalue weighted by Gasteiger charge is 2.42. The molecule has 1 aromatic rings. The van der Waals surface area contributed by atoms with Gasteiger partial charge in [0.2, 0.25) is 17.5 Å². The molecule has 21 heavy (non-hydrogen) atoms. The van der Waals surface area contributed by atoms with Crippen LogP contribution in [0.4, 0.5) is 17.3 Å². The van der Waals surface area contributed by atoms with Crippen LogP contribution in [0.2, 0.25) is 0 Å². The van der Waals surface area contributed by atoms with E-state index in [-0.39, 0.29) is 23.2 Å². The summed E-state index contributed by atoms with van der Waals surface area (Å²) in [5, 5.41) is 16.6. The first-order valence-electron chi connectivity index (χ1n) is 6.57. The monoisotopic (exact) mass is 294 g/mol. The van der Waals surface area contributed by atoms with E-state index in [0.717, 1.165) is 0 Å². The number of amides is 1. The second-order valence-electron chi connectivity index (χ2n) is 5.21. The summed E-state index contributed by atoms with van der Waals surface area (Å²) in [4.78, 5) is 32.4. The van der Waals surface area contributed by atoms with Crippen molar-refractivity contribution in [1.29, 1.82) is 0 Å². The Balaban J connectivity index is 2.36. The van der Waals surface area contributed by atoms with Crippen LogP contribution in [0.5, 0.6) is 0 Å². The normalized spacial score (nSPS) is 21.2. The molecule has 0 bridgehead atoms. The van der Waals surface area contributed by atoms with Gasteiger partial charge in [-0.3, -0.25) is 14.9 Å². The Morgan fingerprint density at radius 1 is 1.48 bits per heavy atom. The first kappa shape index (κ1) is 14.9. The number of hydrogen-bond acceptors (Lipinski definition) is 7. The van der Waals surface area contributed by atoms with Crippen molar-refractivity contribution in [3.8, 4) is 0 Å². The third-order valence-electron chi connectivity index (χ3n) is 3.77. The predicted octanol–water partition coefficient (Wildman–Crippen LogP) is 0.389. The van der Waals surface area contributed by atoms with Crippen molar-refractivity contribution in [2.75, 3.05) is 37.4 Å². The smallest absolute Gasteiger partial charge is 0.353 e. The molecule has 1 aromatic heterocycles. The average Bonchev–Trinajstić information content (AvgIpc) is 2.89. The lowest BCUT2D eigenvalue weighted by atomic mass is 9.89. The van der Waals surface area contributed by atoms with Crippen LogP contribution < -0.4 is 15.5 Å². The maximum absolute atomic E-state index is 11.9. The molecule has 0 aromatic carbocycles. The van der Waals surface area contributed by atoms with E-state index in [4.69, 9.17) is 0 Å². The number of hydrogen-bond donors (Lipinski definition) is 2. The molecule has 9 nitrogen and oxygen atoms in total. The molecule has 1 aliphatic rings. The predicted molar refractivity (Wildman–Crippen MR) is 77.2 cm³/mol. The molecule has 1 unspecified atom stereocenters. The Bertz CT molecular complexity index is 578. The lowest BCUT2D eigenvalue weighted by Gasteiger charge is -2.23. The number of nitrogens with zero attached hydrogens (tertiary/aromatic N) is 4. The van der Waals surface area contributed by atoms with Gasteiger partial charge in [-0.1, -0.05) is 0 Å². The summed E-state index contributed by atoms with van der Waals surface area (Å²) < 4.78 is 0. The summed E-state index contributed by atoms with van der Waals surface area (Å²) in [6.45, 7) is 2.76. The molecule has 1 atom stereocenters. The molecule has 1 amide bonds. The van der Waals surface area contributed by atoms with E-state index in [9.17, 15) is 14.9 Å². The van der Waals surface area contributed by atoms with Crippen LogP contribution in [-0.2, 0) is 4.79 Å². The van der Waals surface area contributed by atoms with Gasteiger partial charge in [0.15, 0.2) is 0 Å². The van der Waals surface area contributed by atoms with Crippen molar-refractivity contribution in [1.82, 2.24) is 15.3 Å². The van der Waals surface area contributed by atoms with Gasteiger partial charge in [0.25, 0.3) is 0 Å². The van der Waals surface area contributed by atoms with Crippen molar-refractivity contribution in [3.63, 3.8) is 0 Å². The van der Waals surface area contributed by atoms with E-state index in [1.54, 1.807) is 19.0 Å². The molecule has 1 fully saturated rings. The van der Waals surface area contributed by atoms with Crippen LogP contribution in [0.1, 0.15) is 13.3 Å². The van der Waals surface area contributed by atoms with Crippen LogP contribution in [0.25, 0.3) is 0 Å². The van der Waals surface area contributed by atoms with Gasteiger partial charge in [0.05, 0.1) is 10.3 Å². The Kier molecular flexibility index (Phi) is 3.92. The maximum atomic E-state index is 11.9. The Hall–Kier alpha value is -2.45. The standard InChI is InChI=1S/C12H18N6O3/c1-12(11(19)14-3)4-5-17(6-12)10-8(18(20)21)9(13-2)15-7-16-10/h7H,4-6H2,1-3H3,(H,14,19)(H,13,15,16). The van der Waals surface area contributed by atoms with Crippen molar-refractivity contribution in [2.45, 2.75) is 13.3 Å². The van der Waals surface area contributed by atoms with Crippen LogP contribution in [0.3, 0.4) is 0 Å². The Morgan fingerprint density at radius 2 is 2.19 bits per heavy atom. The van der Waals surface area contributed by atoms with Gasteiger partial charge in [0.1, 0.15) is 6.33 Å². The van der Waals surface area contributed by atoms with Gasteiger partial charge in [-0.2, -0.15) is 0 Å². The fraction of sp³-hybridized carbons (Fsp3) is 0.583. The quantitative estimate of drug-likeness (QED) is 0.610. The molecular formula is C12H18N6O3. The molecule has 2 heterocycles. The number of carbonyl (C=O) groups excluding carboxylic acids is 1.